The van der Waals surface area contributed by atoms with Crippen molar-refractivity contribution >= 4 is 11.9 Å². The molecule has 7 heteroatoms. The standard InChI is InChI=1S/C21H34N4O3/c1-4-25(5-2)20(26)18-9-7-17(8-10-18)15-24-21(22-3)23-12-6-13-28-19-11-14-27-16-19/h7-10,19H,4-6,11-16H2,1-3H3,(H2,22,23,24). The average Bonchev–Trinajstić information content (AvgIpc) is 3.25. The largest absolute Gasteiger partial charge is 0.379 e. The zero-order valence-electron chi connectivity index (χ0n) is 17.4. The van der Waals surface area contributed by atoms with Gasteiger partial charge in [-0.15, -0.1) is 0 Å². The van der Waals surface area contributed by atoms with Crippen LogP contribution in [0.3, 0.4) is 0 Å². The van der Waals surface area contributed by atoms with Crippen LogP contribution in [0, 0.1) is 0 Å². The molecule has 1 aliphatic heterocycles. The summed E-state index contributed by atoms with van der Waals surface area (Å²) in [6.45, 7) is 9.13. The zero-order chi connectivity index (χ0) is 20.2. The van der Waals surface area contributed by atoms with E-state index in [-0.39, 0.29) is 12.0 Å². The quantitative estimate of drug-likeness (QED) is 0.363. The lowest BCUT2D eigenvalue weighted by molar-refractivity contribution is 0.0420. The highest BCUT2D eigenvalue weighted by atomic mass is 16.5. The first-order chi connectivity index (χ1) is 13.7. The Morgan fingerprint density at radius 3 is 2.61 bits per heavy atom. The first-order valence-corrected chi connectivity index (χ1v) is 10.2. The Morgan fingerprint density at radius 1 is 1.25 bits per heavy atom. The number of carbonyl (C=O) groups excluding carboxylic acids is 1. The van der Waals surface area contributed by atoms with Crippen molar-refractivity contribution in [2.45, 2.75) is 39.3 Å². The van der Waals surface area contributed by atoms with Crippen LogP contribution in [0.5, 0.6) is 0 Å². The maximum atomic E-state index is 12.4. The van der Waals surface area contributed by atoms with E-state index in [1.165, 1.54) is 0 Å². The number of aliphatic imine (C=N–C) groups is 1. The van der Waals surface area contributed by atoms with Crippen molar-refractivity contribution in [2.24, 2.45) is 4.99 Å². The maximum absolute atomic E-state index is 12.4. The van der Waals surface area contributed by atoms with Crippen LogP contribution >= 0.6 is 0 Å². The van der Waals surface area contributed by atoms with Crippen molar-refractivity contribution in [3.8, 4) is 0 Å². The van der Waals surface area contributed by atoms with Gasteiger partial charge in [0.1, 0.15) is 0 Å². The molecule has 1 amide bonds. The van der Waals surface area contributed by atoms with Gasteiger partial charge in [0.05, 0.1) is 12.7 Å². The smallest absolute Gasteiger partial charge is 0.253 e. The molecule has 1 aliphatic rings. The van der Waals surface area contributed by atoms with Crippen LogP contribution < -0.4 is 10.6 Å². The van der Waals surface area contributed by atoms with Crippen LogP contribution in [0.15, 0.2) is 29.3 Å². The number of ether oxygens (including phenoxy) is 2. The molecule has 1 aromatic rings. The Bertz CT molecular complexity index is 609. The summed E-state index contributed by atoms with van der Waals surface area (Å²) in [5.41, 5.74) is 1.83. The molecule has 7 nitrogen and oxygen atoms in total. The third-order valence-electron chi connectivity index (χ3n) is 4.79. The fourth-order valence-electron chi connectivity index (χ4n) is 3.04. The van der Waals surface area contributed by atoms with E-state index >= 15 is 0 Å². The Labute approximate surface area is 168 Å². The summed E-state index contributed by atoms with van der Waals surface area (Å²) in [5, 5.41) is 6.59. The molecule has 0 bridgehead atoms. The van der Waals surface area contributed by atoms with Crippen molar-refractivity contribution in [3.63, 3.8) is 0 Å². The highest BCUT2D eigenvalue weighted by Gasteiger charge is 2.15. The minimum atomic E-state index is 0.0772. The molecule has 1 fully saturated rings. The monoisotopic (exact) mass is 390 g/mol. The first-order valence-electron chi connectivity index (χ1n) is 10.2. The molecular formula is C21H34N4O3. The summed E-state index contributed by atoms with van der Waals surface area (Å²) < 4.78 is 11.1. The number of nitrogens with one attached hydrogen (secondary N) is 2. The molecule has 1 heterocycles. The highest BCUT2D eigenvalue weighted by molar-refractivity contribution is 5.94. The fraction of sp³-hybridized carbons (Fsp3) is 0.619. The van der Waals surface area contributed by atoms with Crippen LogP contribution in [0.25, 0.3) is 0 Å². The molecule has 156 valence electrons. The van der Waals surface area contributed by atoms with Gasteiger partial charge in [0.15, 0.2) is 5.96 Å². The number of carbonyl (C=O) groups is 1. The van der Waals surface area contributed by atoms with Gasteiger partial charge in [0, 0.05) is 52.0 Å². The molecule has 0 radical (unpaired) electrons. The SMILES string of the molecule is CCN(CC)C(=O)c1ccc(CNC(=NC)NCCCOC2CCOC2)cc1. The second-order valence-electron chi connectivity index (χ2n) is 6.74. The minimum Gasteiger partial charge on any atom is -0.379 e. The van der Waals surface area contributed by atoms with E-state index < -0.39 is 0 Å². The van der Waals surface area contributed by atoms with E-state index in [1.54, 1.807) is 7.05 Å². The Balaban J connectivity index is 1.68. The summed E-state index contributed by atoms with van der Waals surface area (Å²) in [6, 6.07) is 7.74. The van der Waals surface area contributed by atoms with Gasteiger partial charge in [0.25, 0.3) is 5.91 Å². The lowest BCUT2D eigenvalue weighted by Gasteiger charge is -2.18. The van der Waals surface area contributed by atoms with E-state index in [0.29, 0.717) is 6.54 Å². The molecule has 0 spiro atoms. The number of guanidine groups is 1. The van der Waals surface area contributed by atoms with E-state index in [1.807, 2.05) is 43.0 Å². The summed E-state index contributed by atoms with van der Waals surface area (Å²) in [5.74, 6) is 0.834. The molecule has 2 rings (SSSR count). The molecule has 0 saturated carbocycles. The number of nitrogens with zero attached hydrogens (tertiary/aromatic N) is 2. The summed E-state index contributed by atoms with van der Waals surface area (Å²) >= 11 is 0. The Kier molecular flexibility index (Phi) is 9.79. The van der Waals surface area contributed by atoms with Gasteiger partial charge in [-0.2, -0.15) is 0 Å². The predicted molar refractivity (Wildman–Crippen MR) is 112 cm³/mol. The van der Waals surface area contributed by atoms with Crippen LogP contribution in [0.1, 0.15) is 42.6 Å². The van der Waals surface area contributed by atoms with E-state index in [4.69, 9.17) is 9.47 Å². The van der Waals surface area contributed by atoms with Crippen LogP contribution in [0.2, 0.25) is 0 Å². The normalized spacial score (nSPS) is 16.8. The predicted octanol–water partition coefficient (Wildman–Crippen LogP) is 2.03. The number of hydrogen-bond acceptors (Lipinski definition) is 4. The van der Waals surface area contributed by atoms with Gasteiger partial charge >= 0.3 is 0 Å². The summed E-state index contributed by atoms with van der Waals surface area (Å²) in [4.78, 5) is 18.4. The van der Waals surface area contributed by atoms with Crippen molar-refractivity contribution in [1.82, 2.24) is 15.5 Å². The fourth-order valence-corrected chi connectivity index (χ4v) is 3.04. The molecule has 2 N–H and O–H groups in total. The Morgan fingerprint density at radius 2 is 2.00 bits per heavy atom. The second-order valence-corrected chi connectivity index (χ2v) is 6.74. The minimum absolute atomic E-state index is 0.0772. The van der Waals surface area contributed by atoms with Crippen molar-refractivity contribution in [3.05, 3.63) is 35.4 Å². The lowest BCUT2D eigenvalue weighted by atomic mass is 10.1. The van der Waals surface area contributed by atoms with Crippen molar-refractivity contribution in [2.75, 3.05) is 46.5 Å². The number of rotatable bonds is 10. The second kappa shape index (κ2) is 12.4. The number of benzene rings is 1. The van der Waals surface area contributed by atoms with Gasteiger partial charge in [-0.05, 0) is 44.4 Å². The molecule has 1 unspecified atom stereocenters. The molecule has 1 atom stereocenters. The molecule has 28 heavy (non-hydrogen) atoms. The van der Waals surface area contributed by atoms with Gasteiger partial charge in [-0.3, -0.25) is 9.79 Å². The van der Waals surface area contributed by atoms with Gasteiger partial charge in [-0.25, -0.2) is 0 Å². The topological polar surface area (TPSA) is 75.2 Å². The van der Waals surface area contributed by atoms with Crippen LogP contribution in [-0.2, 0) is 16.0 Å². The molecule has 1 saturated heterocycles. The molecule has 1 aromatic carbocycles. The number of amides is 1. The highest BCUT2D eigenvalue weighted by Crippen LogP contribution is 2.09. The van der Waals surface area contributed by atoms with Crippen LogP contribution in [-0.4, -0.2) is 69.4 Å². The van der Waals surface area contributed by atoms with Gasteiger partial charge < -0.3 is 25.0 Å². The molecule has 0 aliphatic carbocycles. The molecule has 0 aromatic heterocycles. The van der Waals surface area contributed by atoms with Crippen molar-refractivity contribution < 1.29 is 14.3 Å². The first kappa shape index (κ1) is 22.2. The van der Waals surface area contributed by atoms with E-state index in [2.05, 4.69) is 15.6 Å². The van der Waals surface area contributed by atoms with E-state index in [9.17, 15) is 4.79 Å². The van der Waals surface area contributed by atoms with E-state index in [0.717, 1.165) is 69.4 Å². The Hall–Kier alpha value is -2.12. The zero-order valence-corrected chi connectivity index (χ0v) is 17.4. The number of hydrogen-bond donors (Lipinski definition) is 2. The lowest BCUT2D eigenvalue weighted by Crippen LogP contribution is -2.37. The third kappa shape index (κ3) is 7.13. The van der Waals surface area contributed by atoms with Gasteiger partial charge in [-0.1, -0.05) is 12.1 Å². The maximum Gasteiger partial charge on any atom is 0.253 e. The molecular weight excluding hydrogens is 356 g/mol. The van der Waals surface area contributed by atoms with Gasteiger partial charge in [0.2, 0.25) is 0 Å². The third-order valence-corrected chi connectivity index (χ3v) is 4.79. The summed E-state index contributed by atoms with van der Waals surface area (Å²) in [7, 11) is 1.76. The van der Waals surface area contributed by atoms with Crippen LogP contribution in [0.4, 0.5) is 0 Å². The average molecular weight is 391 g/mol. The summed E-state index contributed by atoms with van der Waals surface area (Å²) in [6.07, 6.45) is 2.17. The van der Waals surface area contributed by atoms with Crippen molar-refractivity contribution in [1.29, 1.82) is 0 Å².